The van der Waals surface area contributed by atoms with Crippen LogP contribution in [0.1, 0.15) is 25.7 Å². The molecular formula is C19H24N4O4. The minimum atomic E-state index is -1.07. The van der Waals surface area contributed by atoms with Crippen molar-refractivity contribution >= 4 is 22.8 Å². The Morgan fingerprint density at radius 2 is 2.07 bits per heavy atom. The smallest absolute Gasteiger partial charge is 0.404 e. The number of aromatic nitrogens is 2. The van der Waals surface area contributed by atoms with Crippen molar-refractivity contribution in [2.45, 2.75) is 37.8 Å². The van der Waals surface area contributed by atoms with Crippen LogP contribution in [0.4, 0.5) is 10.5 Å². The molecule has 2 aromatic heterocycles. The Hall–Kier alpha value is -2.61. The van der Waals surface area contributed by atoms with Gasteiger partial charge in [-0.15, -0.1) is 0 Å². The number of rotatable bonds is 3. The summed E-state index contributed by atoms with van der Waals surface area (Å²) in [5.41, 5.74) is 2.68. The average Bonchev–Trinajstić information content (AvgIpc) is 2.95. The molecule has 27 heavy (non-hydrogen) atoms. The fourth-order valence-corrected chi connectivity index (χ4v) is 4.57. The molecule has 3 N–H and O–H groups in total. The number of amides is 1. The fourth-order valence-electron chi connectivity index (χ4n) is 4.57. The Morgan fingerprint density at radius 3 is 2.78 bits per heavy atom. The number of aliphatic hydroxyl groups is 1. The first-order valence-electron chi connectivity index (χ1n) is 9.22. The van der Waals surface area contributed by atoms with Gasteiger partial charge >= 0.3 is 6.09 Å². The van der Waals surface area contributed by atoms with Crippen LogP contribution in [-0.2, 0) is 0 Å². The molecule has 2 aromatic rings. The third-order valence-corrected chi connectivity index (χ3v) is 5.98. The van der Waals surface area contributed by atoms with Crippen LogP contribution >= 0.6 is 0 Å². The average molecular weight is 372 g/mol. The van der Waals surface area contributed by atoms with E-state index in [9.17, 15) is 9.90 Å². The molecule has 144 valence electrons. The monoisotopic (exact) mass is 372 g/mol. The molecule has 1 aliphatic heterocycles. The number of fused-ring (bicyclic) bond motifs is 1. The van der Waals surface area contributed by atoms with Gasteiger partial charge in [0, 0.05) is 25.4 Å². The van der Waals surface area contributed by atoms with Crippen LogP contribution in [0.3, 0.4) is 0 Å². The predicted molar refractivity (Wildman–Crippen MR) is 100 cm³/mol. The van der Waals surface area contributed by atoms with E-state index in [1.165, 1.54) is 0 Å². The third-order valence-electron chi connectivity index (χ3n) is 5.98. The summed E-state index contributed by atoms with van der Waals surface area (Å²) in [4.78, 5) is 22.2. The second-order valence-corrected chi connectivity index (χ2v) is 7.57. The van der Waals surface area contributed by atoms with E-state index in [1.807, 2.05) is 12.1 Å². The topological polar surface area (TPSA) is 108 Å². The van der Waals surface area contributed by atoms with Crippen LogP contribution < -0.4 is 15.0 Å². The van der Waals surface area contributed by atoms with Crippen molar-refractivity contribution in [3.8, 4) is 5.88 Å². The summed E-state index contributed by atoms with van der Waals surface area (Å²) >= 11 is 0. The summed E-state index contributed by atoms with van der Waals surface area (Å²) in [6.07, 6.45) is 3.28. The summed E-state index contributed by atoms with van der Waals surface area (Å²) in [6.45, 7) is 1.68. The molecule has 4 rings (SSSR count). The number of nitrogens with one attached hydrogen (secondary N) is 1. The molecule has 1 saturated heterocycles. The lowest BCUT2D eigenvalue weighted by atomic mass is 9.76. The lowest BCUT2D eigenvalue weighted by molar-refractivity contribution is 0.126. The molecule has 0 aromatic carbocycles. The second-order valence-electron chi connectivity index (χ2n) is 7.57. The maximum Gasteiger partial charge on any atom is 0.404 e. The van der Waals surface area contributed by atoms with E-state index in [4.69, 9.17) is 9.84 Å². The maximum atomic E-state index is 10.9. The number of piperidine rings is 1. The molecule has 1 spiro atoms. The van der Waals surface area contributed by atoms with E-state index in [-0.39, 0.29) is 11.5 Å². The SMILES string of the molecule is COc1ccc2nccc(N3CCC4(CC3)C[C@@H](O)[C@@H](NC(=O)O)C4)c2n1. The number of carboxylic acid groups (broad SMARTS) is 1. The standard InChI is InChI=1S/C19H24N4O4/c1-27-16-3-2-12-17(22-16)14(4-7-20-12)23-8-5-19(6-9-23)10-13(15(24)11-19)21-18(25)26/h2-4,7,13,15,21,24H,5-6,8-11H2,1H3,(H,25,26)/t13-,15+/m0/s1. The highest BCUT2D eigenvalue weighted by Crippen LogP contribution is 2.47. The van der Waals surface area contributed by atoms with Gasteiger partial charge in [0.1, 0.15) is 5.52 Å². The molecule has 0 bridgehead atoms. The van der Waals surface area contributed by atoms with Crippen LogP contribution in [0.15, 0.2) is 24.4 Å². The minimum Gasteiger partial charge on any atom is -0.481 e. The van der Waals surface area contributed by atoms with Crippen molar-refractivity contribution in [2.24, 2.45) is 5.41 Å². The molecule has 0 unspecified atom stereocenters. The molecule has 2 atom stereocenters. The molecule has 3 heterocycles. The molecular weight excluding hydrogens is 348 g/mol. The van der Waals surface area contributed by atoms with Crippen molar-refractivity contribution in [1.29, 1.82) is 0 Å². The van der Waals surface area contributed by atoms with Gasteiger partial charge in [-0.2, -0.15) is 0 Å². The molecule has 8 nitrogen and oxygen atoms in total. The number of anilines is 1. The van der Waals surface area contributed by atoms with Crippen molar-refractivity contribution in [3.63, 3.8) is 0 Å². The maximum absolute atomic E-state index is 10.9. The van der Waals surface area contributed by atoms with E-state index < -0.39 is 12.2 Å². The number of ether oxygens (including phenoxy) is 1. The van der Waals surface area contributed by atoms with Crippen LogP contribution in [0, 0.1) is 5.41 Å². The number of hydrogen-bond donors (Lipinski definition) is 3. The van der Waals surface area contributed by atoms with E-state index in [1.54, 1.807) is 19.4 Å². The van der Waals surface area contributed by atoms with E-state index >= 15 is 0 Å². The van der Waals surface area contributed by atoms with Crippen molar-refractivity contribution < 1.29 is 19.7 Å². The molecule has 8 heteroatoms. The second kappa shape index (κ2) is 6.84. The molecule has 0 radical (unpaired) electrons. The van der Waals surface area contributed by atoms with Crippen LogP contribution in [0.25, 0.3) is 11.0 Å². The summed E-state index contributed by atoms with van der Waals surface area (Å²) in [5, 5.41) is 21.7. The van der Waals surface area contributed by atoms with Gasteiger partial charge in [0.05, 0.1) is 30.5 Å². The largest absolute Gasteiger partial charge is 0.481 e. The Bertz CT molecular complexity index is 851. The zero-order valence-electron chi connectivity index (χ0n) is 15.3. The quantitative estimate of drug-likeness (QED) is 0.756. The van der Waals surface area contributed by atoms with Gasteiger partial charge < -0.3 is 25.2 Å². The number of aliphatic hydroxyl groups excluding tert-OH is 1. The highest BCUT2D eigenvalue weighted by Gasteiger charge is 2.46. The van der Waals surface area contributed by atoms with E-state index in [0.29, 0.717) is 18.7 Å². The van der Waals surface area contributed by atoms with Crippen LogP contribution in [-0.4, -0.2) is 58.6 Å². The molecule has 1 aliphatic carbocycles. The minimum absolute atomic E-state index is 0.00299. The van der Waals surface area contributed by atoms with Crippen LogP contribution in [0.5, 0.6) is 5.88 Å². The van der Waals surface area contributed by atoms with Gasteiger partial charge in [0.2, 0.25) is 5.88 Å². The predicted octanol–water partition coefficient (Wildman–Crippen LogP) is 2.02. The molecule has 2 aliphatic rings. The van der Waals surface area contributed by atoms with Gasteiger partial charge in [-0.25, -0.2) is 9.78 Å². The number of hydrogen-bond acceptors (Lipinski definition) is 6. The van der Waals surface area contributed by atoms with Crippen molar-refractivity contribution in [2.75, 3.05) is 25.1 Å². The molecule has 2 fully saturated rings. The fraction of sp³-hybridized carbons (Fsp3) is 0.526. The zero-order chi connectivity index (χ0) is 19.0. The highest BCUT2D eigenvalue weighted by molar-refractivity contribution is 5.88. The number of carbonyl (C=O) groups is 1. The Morgan fingerprint density at radius 1 is 1.30 bits per heavy atom. The summed E-state index contributed by atoms with van der Waals surface area (Å²) in [6, 6.07) is 5.32. The molecule has 1 saturated carbocycles. The van der Waals surface area contributed by atoms with Gasteiger partial charge in [-0.1, -0.05) is 0 Å². The summed E-state index contributed by atoms with van der Waals surface area (Å²) in [7, 11) is 1.60. The van der Waals surface area contributed by atoms with E-state index in [2.05, 4.69) is 20.2 Å². The summed E-state index contributed by atoms with van der Waals surface area (Å²) < 4.78 is 5.26. The highest BCUT2D eigenvalue weighted by atomic mass is 16.5. The number of nitrogens with zero attached hydrogens (tertiary/aromatic N) is 3. The first-order valence-corrected chi connectivity index (χ1v) is 9.22. The normalized spacial score (nSPS) is 24.3. The Kier molecular flexibility index (Phi) is 4.51. The van der Waals surface area contributed by atoms with Crippen LogP contribution in [0.2, 0.25) is 0 Å². The third kappa shape index (κ3) is 3.37. The first kappa shape index (κ1) is 17.8. The van der Waals surface area contributed by atoms with Crippen molar-refractivity contribution in [3.05, 3.63) is 24.4 Å². The number of methoxy groups -OCH3 is 1. The lowest BCUT2D eigenvalue weighted by Crippen LogP contribution is -2.41. The van der Waals surface area contributed by atoms with Gasteiger partial charge in [0.25, 0.3) is 0 Å². The van der Waals surface area contributed by atoms with Gasteiger partial charge in [-0.05, 0) is 43.2 Å². The van der Waals surface area contributed by atoms with E-state index in [0.717, 1.165) is 42.7 Å². The first-order chi connectivity index (χ1) is 13.0. The zero-order valence-corrected chi connectivity index (χ0v) is 15.3. The molecule has 1 amide bonds. The van der Waals surface area contributed by atoms with Crippen molar-refractivity contribution in [1.82, 2.24) is 15.3 Å². The Balaban J connectivity index is 1.52. The van der Waals surface area contributed by atoms with Gasteiger partial charge in [-0.3, -0.25) is 4.98 Å². The van der Waals surface area contributed by atoms with Gasteiger partial charge in [0.15, 0.2) is 0 Å². The number of pyridine rings is 2. The lowest BCUT2D eigenvalue weighted by Gasteiger charge is -2.40. The Labute approximate surface area is 157 Å². The summed E-state index contributed by atoms with van der Waals surface area (Å²) in [5.74, 6) is 0.562.